The van der Waals surface area contributed by atoms with Crippen molar-refractivity contribution in [2.45, 2.75) is 9.79 Å². The van der Waals surface area contributed by atoms with Crippen molar-refractivity contribution < 1.29 is 55.6 Å². The van der Waals surface area contributed by atoms with E-state index in [9.17, 15) is 66.0 Å². The first-order chi connectivity index (χ1) is 14.5. The molecule has 2 aromatic carbocycles. The van der Waals surface area contributed by atoms with Gasteiger partial charge in [0.15, 0.2) is 0 Å². The lowest BCUT2D eigenvalue weighted by Gasteiger charge is -2.22. The summed E-state index contributed by atoms with van der Waals surface area (Å²) in [4.78, 5) is 42.2. The van der Waals surface area contributed by atoms with Gasteiger partial charge in [-0.15, -0.1) is 0 Å². The fourth-order valence-corrected chi connectivity index (χ4v) is 4.28. The van der Waals surface area contributed by atoms with E-state index < -0.39 is 96.6 Å². The minimum Gasteiger partial charge on any atom is -0.744 e. The number of carbonyl (C=O) groups excluding carboxylic acids is 2. The Balaban J connectivity index is 2.63. The van der Waals surface area contributed by atoms with Crippen LogP contribution in [0.1, 0.15) is 31.8 Å². The lowest BCUT2D eigenvalue weighted by atomic mass is 9.81. The number of nitro groups is 2. The van der Waals surface area contributed by atoms with Crippen LogP contribution in [0.3, 0.4) is 0 Å². The van der Waals surface area contributed by atoms with Gasteiger partial charge in [-0.05, 0) is 0 Å². The highest BCUT2D eigenvalue weighted by atomic mass is 32.2. The molecule has 0 bridgehead atoms. The van der Waals surface area contributed by atoms with E-state index in [1.807, 2.05) is 0 Å². The van der Waals surface area contributed by atoms with Crippen molar-refractivity contribution in [3.63, 3.8) is 0 Å². The first-order valence-corrected chi connectivity index (χ1v) is 10.4. The third-order valence-electron chi connectivity index (χ3n) is 4.33. The molecule has 32 heavy (non-hydrogen) atoms. The zero-order valence-electron chi connectivity index (χ0n) is 14.7. The number of phenolic OH excluding ortho intramolecular Hbond substituents is 2. The van der Waals surface area contributed by atoms with E-state index >= 15 is 0 Å². The Bertz CT molecular complexity index is 1410. The zero-order chi connectivity index (χ0) is 24.5. The van der Waals surface area contributed by atoms with E-state index in [1.54, 1.807) is 0 Å². The Morgan fingerprint density at radius 2 is 0.938 bits per heavy atom. The van der Waals surface area contributed by atoms with Gasteiger partial charge in [0.25, 0.3) is 11.4 Å². The molecule has 0 unspecified atom stereocenters. The van der Waals surface area contributed by atoms with Gasteiger partial charge in [0.2, 0.25) is 11.6 Å². The molecule has 2 aromatic rings. The van der Waals surface area contributed by atoms with E-state index in [-0.39, 0.29) is 12.1 Å². The average Bonchev–Trinajstić information content (AvgIpc) is 2.62. The average molecular weight is 488 g/mol. The van der Waals surface area contributed by atoms with Gasteiger partial charge in [-0.3, -0.25) is 29.8 Å². The number of carbonyl (C=O) groups is 2. The van der Waals surface area contributed by atoms with Gasteiger partial charge in [0.05, 0.1) is 21.0 Å². The molecule has 0 heterocycles. The maximum absolute atomic E-state index is 12.9. The number of ketones is 2. The van der Waals surface area contributed by atoms with Crippen molar-refractivity contribution in [3.8, 4) is 11.5 Å². The van der Waals surface area contributed by atoms with E-state index in [0.29, 0.717) is 0 Å². The fourth-order valence-electron chi connectivity index (χ4n) is 3.09. The quantitative estimate of drug-likeness (QED) is 0.266. The van der Waals surface area contributed by atoms with Crippen molar-refractivity contribution in [3.05, 3.63) is 54.6 Å². The summed E-state index contributed by atoms with van der Waals surface area (Å²) in [6.07, 6.45) is 0. The maximum atomic E-state index is 12.9. The minimum atomic E-state index is -5.69. The van der Waals surface area contributed by atoms with Crippen molar-refractivity contribution in [2.75, 3.05) is 0 Å². The first kappa shape index (κ1) is 22.7. The number of hydrogen-bond acceptors (Lipinski definition) is 14. The van der Waals surface area contributed by atoms with Gasteiger partial charge in [-0.25, -0.2) is 16.8 Å². The maximum Gasteiger partial charge on any atom is 0.282 e. The molecule has 0 amide bonds. The van der Waals surface area contributed by atoms with Crippen molar-refractivity contribution in [1.82, 2.24) is 0 Å². The SMILES string of the molecule is O=C1c2c([N+](=O)[O-])cc(S(=O)(=O)[O-])c(O)c2C(=O)c2c(O)c(S(=O)(=O)[O-])cc([N+](=O)[O-])c21. The van der Waals surface area contributed by atoms with Gasteiger partial charge in [-0.1, -0.05) is 0 Å². The van der Waals surface area contributed by atoms with E-state index in [2.05, 4.69) is 0 Å². The molecule has 1 aliphatic carbocycles. The molecule has 0 aromatic heterocycles. The number of nitrogens with zero attached hydrogens (tertiary/aromatic N) is 2. The minimum absolute atomic E-state index is 0.0468. The van der Waals surface area contributed by atoms with Crippen LogP contribution in [0.4, 0.5) is 11.4 Å². The summed E-state index contributed by atoms with van der Waals surface area (Å²) in [5.41, 5.74) is -8.78. The molecular weight excluding hydrogens is 484 g/mol. The molecule has 1 aliphatic rings. The molecule has 0 aliphatic heterocycles. The van der Waals surface area contributed by atoms with Gasteiger partial charge >= 0.3 is 0 Å². The molecule has 0 atom stereocenters. The van der Waals surface area contributed by atoms with Gasteiger partial charge < -0.3 is 19.3 Å². The highest BCUT2D eigenvalue weighted by molar-refractivity contribution is 7.86. The molecule has 0 radical (unpaired) electrons. The third-order valence-corrected chi connectivity index (χ3v) is 6.03. The molecule has 0 saturated heterocycles. The van der Waals surface area contributed by atoms with Crippen LogP contribution in [-0.4, -0.2) is 57.6 Å². The Kier molecular flexibility index (Phi) is 4.78. The Labute approximate surface area is 175 Å². The van der Waals surface area contributed by atoms with E-state index in [4.69, 9.17) is 0 Å². The molecular formula is C14H4N2O14S2-2. The number of aromatic hydroxyl groups is 2. The smallest absolute Gasteiger partial charge is 0.282 e. The predicted octanol–water partition coefficient (Wildman–Crippen LogP) is -0.502. The molecule has 0 spiro atoms. The lowest BCUT2D eigenvalue weighted by Crippen LogP contribution is -2.25. The summed E-state index contributed by atoms with van der Waals surface area (Å²) >= 11 is 0. The molecule has 16 nitrogen and oxygen atoms in total. The van der Waals surface area contributed by atoms with Crippen LogP contribution in [0.15, 0.2) is 21.9 Å². The van der Waals surface area contributed by atoms with Crippen LogP contribution in [0.25, 0.3) is 0 Å². The summed E-state index contributed by atoms with van der Waals surface area (Å²) in [5.74, 6) is -7.20. The second-order valence-electron chi connectivity index (χ2n) is 6.07. The van der Waals surface area contributed by atoms with Gasteiger partial charge in [0, 0.05) is 12.1 Å². The Morgan fingerprint density at radius 3 is 1.19 bits per heavy atom. The number of rotatable bonds is 4. The summed E-state index contributed by atoms with van der Waals surface area (Å²) in [7, 11) is -11.4. The standard InChI is InChI=1S/C14H6N2O14S2/c17-11-5(31(25,26)27)1-3(15(21)22)7-9(11)14(20)10-8(13(7)19)4(16(23)24)2-6(12(10)18)32(28,29)30/h1-2,17-18H,(H,25,26,27)(H,28,29,30)/p-2. The molecule has 0 saturated carbocycles. The highest BCUT2D eigenvalue weighted by Gasteiger charge is 2.46. The number of fused-ring (bicyclic) bond motifs is 2. The highest BCUT2D eigenvalue weighted by Crippen LogP contribution is 2.47. The van der Waals surface area contributed by atoms with Crippen LogP contribution >= 0.6 is 0 Å². The first-order valence-electron chi connectivity index (χ1n) is 7.60. The molecule has 18 heteroatoms. The summed E-state index contributed by atoms with van der Waals surface area (Å²) in [5, 5.41) is 43.0. The van der Waals surface area contributed by atoms with Crippen LogP contribution in [0, 0.1) is 20.2 Å². The van der Waals surface area contributed by atoms with Crippen LogP contribution in [0.2, 0.25) is 0 Å². The summed E-state index contributed by atoms with van der Waals surface area (Å²) < 4.78 is 68.1. The van der Waals surface area contributed by atoms with Crippen LogP contribution in [-0.2, 0) is 20.2 Å². The van der Waals surface area contributed by atoms with E-state index in [0.717, 1.165) is 0 Å². The Hall–Kier alpha value is -4.00. The number of hydrogen-bond donors (Lipinski definition) is 2. The van der Waals surface area contributed by atoms with Crippen LogP contribution in [0.5, 0.6) is 11.5 Å². The molecule has 2 N–H and O–H groups in total. The molecule has 168 valence electrons. The van der Waals surface area contributed by atoms with Gasteiger partial charge in [-0.2, -0.15) is 0 Å². The second-order valence-corrected chi connectivity index (χ2v) is 8.76. The number of phenols is 2. The fraction of sp³-hybridized carbons (Fsp3) is 0. The van der Waals surface area contributed by atoms with Crippen LogP contribution < -0.4 is 0 Å². The van der Waals surface area contributed by atoms with Gasteiger partial charge in [0.1, 0.15) is 52.7 Å². The second kappa shape index (κ2) is 6.75. The zero-order valence-corrected chi connectivity index (χ0v) is 16.3. The normalized spacial score (nSPS) is 13.4. The topological polar surface area (TPSA) is 275 Å². The predicted molar refractivity (Wildman–Crippen MR) is 92.3 cm³/mol. The number of benzene rings is 2. The molecule has 3 rings (SSSR count). The summed E-state index contributed by atoms with van der Waals surface area (Å²) in [6, 6.07) is -0.0936. The third kappa shape index (κ3) is 3.13. The summed E-state index contributed by atoms with van der Waals surface area (Å²) in [6.45, 7) is 0. The lowest BCUT2D eigenvalue weighted by molar-refractivity contribution is -0.385. The number of nitro benzene ring substituents is 2. The largest absolute Gasteiger partial charge is 0.744 e. The van der Waals surface area contributed by atoms with E-state index in [1.165, 1.54) is 0 Å². The van der Waals surface area contributed by atoms with Crippen molar-refractivity contribution in [1.29, 1.82) is 0 Å². The monoisotopic (exact) mass is 488 g/mol. The Morgan fingerprint density at radius 1 is 0.656 bits per heavy atom. The van der Waals surface area contributed by atoms with Crippen molar-refractivity contribution >= 4 is 43.2 Å². The molecule has 0 fully saturated rings. The van der Waals surface area contributed by atoms with Crippen molar-refractivity contribution in [2.24, 2.45) is 0 Å².